The Morgan fingerprint density at radius 1 is 1.17 bits per heavy atom. The van der Waals surface area contributed by atoms with Crippen LogP contribution in [0.4, 0.5) is 23.3 Å². The van der Waals surface area contributed by atoms with Gasteiger partial charge in [0.05, 0.1) is 18.9 Å². The van der Waals surface area contributed by atoms with Crippen LogP contribution in [0, 0.1) is 6.92 Å². The van der Waals surface area contributed by atoms with Crippen molar-refractivity contribution in [1.29, 1.82) is 0 Å². The Kier molecular flexibility index (Phi) is 4.32. The first-order chi connectivity index (χ1) is 11.6. The van der Waals surface area contributed by atoms with Gasteiger partial charge in [-0.05, 0) is 31.2 Å². The molecule has 0 saturated carbocycles. The molecule has 0 radical (unpaired) electrons. The molecule has 0 aliphatic heterocycles. The van der Waals surface area contributed by atoms with Crippen LogP contribution in [0.5, 0.6) is 0 Å². The van der Waals surface area contributed by atoms with Gasteiger partial charge in [0.15, 0.2) is 11.6 Å². The lowest BCUT2D eigenvalue weighted by atomic mass is 10.2. The minimum Gasteiger partial charge on any atom is -0.465 e. The summed E-state index contributed by atoms with van der Waals surface area (Å²) in [6.45, 7) is 1.79. The topological polar surface area (TPSA) is 115 Å². The van der Waals surface area contributed by atoms with Gasteiger partial charge in [0.25, 0.3) is 0 Å². The number of nitrogens with zero attached hydrogens (tertiary/aromatic N) is 4. The second kappa shape index (κ2) is 6.73. The molecule has 0 bridgehead atoms. The number of benzene rings is 1. The molecule has 9 heteroatoms. The molecule has 0 unspecified atom stereocenters. The SMILES string of the molecule is COC(=O)c1ccc(Nc2nncc(Nc3cc(C)on3)n2)cc1. The molecule has 2 heterocycles. The standard InChI is InChI=1S/C15H14N6O3/c1-9-7-12(21-24-9)18-13-8-16-20-15(19-13)17-11-5-3-10(4-6-11)14(22)23-2/h3-8H,1-2H3,(H2,17,18,19,20,21). The van der Waals surface area contributed by atoms with Crippen molar-refractivity contribution in [2.45, 2.75) is 6.92 Å². The maximum Gasteiger partial charge on any atom is 0.337 e. The fourth-order valence-electron chi connectivity index (χ4n) is 1.91. The van der Waals surface area contributed by atoms with Crippen molar-refractivity contribution < 1.29 is 14.1 Å². The summed E-state index contributed by atoms with van der Waals surface area (Å²) < 4.78 is 9.63. The van der Waals surface area contributed by atoms with Crippen molar-refractivity contribution in [1.82, 2.24) is 20.3 Å². The van der Waals surface area contributed by atoms with Gasteiger partial charge < -0.3 is 19.9 Å². The highest BCUT2D eigenvalue weighted by atomic mass is 16.5. The number of carbonyl (C=O) groups excluding carboxylic acids is 1. The predicted molar refractivity (Wildman–Crippen MR) is 85.4 cm³/mol. The Labute approximate surface area is 137 Å². The van der Waals surface area contributed by atoms with E-state index in [2.05, 4.69) is 35.7 Å². The zero-order valence-electron chi connectivity index (χ0n) is 13.0. The molecule has 24 heavy (non-hydrogen) atoms. The van der Waals surface area contributed by atoms with Crippen LogP contribution in [-0.4, -0.2) is 33.4 Å². The van der Waals surface area contributed by atoms with Gasteiger partial charge in [-0.25, -0.2) is 4.79 Å². The second-order valence-corrected chi connectivity index (χ2v) is 4.81. The third kappa shape index (κ3) is 3.64. The van der Waals surface area contributed by atoms with Crippen molar-refractivity contribution in [2.24, 2.45) is 0 Å². The van der Waals surface area contributed by atoms with Crippen LogP contribution in [0.25, 0.3) is 0 Å². The first-order valence-corrected chi connectivity index (χ1v) is 6.99. The van der Waals surface area contributed by atoms with Gasteiger partial charge in [-0.15, -0.1) is 5.10 Å². The molecule has 3 rings (SSSR count). The van der Waals surface area contributed by atoms with Crippen LogP contribution in [0.2, 0.25) is 0 Å². The van der Waals surface area contributed by atoms with Crippen LogP contribution < -0.4 is 10.6 Å². The van der Waals surface area contributed by atoms with E-state index in [0.717, 1.165) is 0 Å². The number of aromatic nitrogens is 4. The zero-order valence-corrected chi connectivity index (χ0v) is 13.0. The van der Waals surface area contributed by atoms with Crippen molar-refractivity contribution in [3.05, 3.63) is 47.9 Å². The van der Waals surface area contributed by atoms with Crippen molar-refractivity contribution in [3.63, 3.8) is 0 Å². The molecule has 0 saturated heterocycles. The molecule has 0 fully saturated rings. The third-order valence-electron chi connectivity index (χ3n) is 3.01. The summed E-state index contributed by atoms with van der Waals surface area (Å²) in [7, 11) is 1.34. The van der Waals surface area contributed by atoms with Gasteiger partial charge in [0.1, 0.15) is 5.76 Å². The molecule has 3 aromatic rings. The Morgan fingerprint density at radius 3 is 2.62 bits per heavy atom. The molecule has 1 aromatic carbocycles. The average Bonchev–Trinajstić information content (AvgIpc) is 3.00. The number of carbonyl (C=O) groups is 1. The molecule has 9 nitrogen and oxygen atoms in total. The molecule has 0 aliphatic rings. The number of rotatable bonds is 5. The lowest BCUT2D eigenvalue weighted by Gasteiger charge is -2.06. The van der Waals surface area contributed by atoms with Gasteiger partial charge in [-0.2, -0.15) is 10.1 Å². The fraction of sp³-hybridized carbons (Fsp3) is 0.133. The van der Waals surface area contributed by atoms with Crippen LogP contribution in [0.15, 0.2) is 41.1 Å². The Hall–Kier alpha value is -3.49. The van der Waals surface area contributed by atoms with E-state index in [4.69, 9.17) is 4.52 Å². The quantitative estimate of drug-likeness (QED) is 0.682. The number of ether oxygens (including phenoxy) is 1. The highest BCUT2D eigenvalue weighted by molar-refractivity contribution is 5.89. The van der Waals surface area contributed by atoms with Gasteiger partial charge in [-0.1, -0.05) is 5.16 Å². The average molecular weight is 326 g/mol. The van der Waals surface area contributed by atoms with Crippen LogP contribution in [-0.2, 0) is 4.74 Å². The van der Waals surface area contributed by atoms with Crippen LogP contribution in [0.1, 0.15) is 16.1 Å². The minimum absolute atomic E-state index is 0.297. The van der Waals surface area contributed by atoms with Crippen molar-refractivity contribution in [2.75, 3.05) is 17.7 Å². The number of esters is 1. The summed E-state index contributed by atoms with van der Waals surface area (Å²) in [5.74, 6) is 1.58. The van der Waals surface area contributed by atoms with Crippen molar-refractivity contribution in [3.8, 4) is 0 Å². The van der Waals surface area contributed by atoms with Gasteiger partial charge in [0, 0.05) is 11.8 Å². The van der Waals surface area contributed by atoms with Crippen LogP contribution >= 0.6 is 0 Å². The molecule has 0 atom stereocenters. The normalized spacial score (nSPS) is 10.2. The van der Waals surface area contributed by atoms with E-state index in [9.17, 15) is 4.79 Å². The predicted octanol–water partition coefficient (Wildman–Crippen LogP) is 2.44. The Morgan fingerprint density at radius 2 is 1.96 bits per heavy atom. The molecular weight excluding hydrogens is 312 g/mol. The molecule has 0 aliphatic carbocycles. The zero-order chi connectivity index (χ0) is 16.9. The maximum atomic E-state index is 11.4. The monoisotopic (exact) mass is 326 g/mol. The lowest BCUT2D eigenvalue weighted by molar-refractivity contribution is 0.0601. The molecule has 0 spiro atoms. The molecule has 122 valence electrons. The smallest absolute Gasteiger partial charge is 0.337 e. The number of hydrogen-bond donors (Lipinski definition) is 2. The highest BCUT2D eigenvalue weighted by Crippen LogP contribution is 2.17. The number of anilines is 4. The summed E-state index contributed by atoms with van der Waals surface area (Å²) in [4.78, 5) is 15.7. The van der Waals surface area contributed by atoms with Crippen LogP contribution in [0.3, 0.4) is 0 Å². The lowest BCUT2D eigenvalue weighted by Crippen LogP contribution is -2.03. The molecular formula is C15H14N6O3. The summed E-state index contributed by atoms with van der Waals surface area (Å²) in [6, 6.07) is 8.46. The number of nitrogens with one attached hydrogen (secondary N) is 2. The van der Waals surface area contributed by atoms with E-state index in [1.807, 2.05) is 0 Å². The van der Waals surface area contributed by atoms with Gasteiger partial charge >= 0.3 is 5.97 Å². The van der Waals surface area contributed by atoms with E-state index in [1.165, 1.54) is 13.3 Å². The summed E-state index contributed by atoms with van der Waals surface area (Å²) in [6.07, 6.45) is 1.47. The van der Waals surface area contributed by atoms with Crippen molar-refractivity contribution >= 4 is 29.2 Å². The largest absolute Gasteiger partial charge is 0.465 e. The first kappa shape index (κ1) is 15.4. The maximum absolute atomic E-state index is 11.4. The Bertz CT molecular complexity index is 846. The van der Waals surface area contributed by atoms with E-state index in [1.54, 1.807) is 37.3 Å². The van der Waals surface area contributed by atoms with Gasteiger partial charge in [0.2, 0.25) is 5.95 Å². The first-order valence-electron chi connectivity index (χ1n) is 6.99. The summed E-state index contributed by atoms with van der Waals surface area (Å²) >= 11 is 0. The fourth-order valence-corrected chi connectivity index (χ4v) is 1.91. The Balaban J connectivity index is 1.71. The third-order valence-corrected chi connectivity index (χ3v) is 3.01. The minimum atomic E-state index is -0.395. The molecule has 0 amide bonds. The number of aryl methyl sites for hydroxylation is 1. The molecule has 2 aromatic heterocycles. The highest BCUT2D eigenvalue weighted by Gasteiger charge is 2.07. The van der Waals surface area contributed by atoms with E-state index < -0.39 is 5.97 Å². The molecule has 2 N–H and O–H groups in total. The summed E-state index contributed by atoms with van der Waals surface area (Å²) in [5, 5.41) is 17.6. The second-order valence-electron chi connectivity index (χ2n) is 4.81. The van der Waals surface area contributed by atoms with E-state index in [0.29, 0.717) is 34.6 Å². The van der Waals surface area contributed by atoms with Gasteiger partial charge in [-0.3, -0.25) is 0 Å². The number of methoxy groups -OCH3 is 1. The summed E-state index contributed by atoms with van der Waals surface area (Å²) in [5.41, 5.74) is 1.16. The van der Waals surface area contributed by atoms with E-state index in [-0.39, 0.29) is 0 Å². The van der Waals surface area contributed by atoms with E-state index >= 15 is 0 Å². The number of hydrogen-bond acceptors (Lipinski definition) is 9.